The Balaban J connectivity index is 0.00000208. The Bertz CT molecular complexity index is 654. The first-order valence-electron chi connectivity index (χ1n) is 8.17. The van der Waals surface area contributed by atoms with Crippen LogP contribution in [0, 0.1) is 0 Å². The first-order chi connectivity index (χ1) is 11.1. The van der Waals surface area contributed by atoms with Crippen LogP contribution in [-0.4, -0.2) is 38.2 Å². The van der Waals surface area contributed by atoms with E-state index in [2.05, 4.69) is 74.1 Å². The predicted molar refractivity (Wildman–Crippen MR) is 101 cm³/mol. The maximum Gasteiger partial charge on any atom is 0.0966 e. The van der Waals surface area contributed by atoms with Crippen molar-refractivity contribution in [2.75, 3.05) is 38.6 Å². The van der Waals surface area contributed by atoms with Gasteiger partial charge < -0.3 is 26.4 Å². The molecule has 0 saturated carbocycles. The summed E-state index contributed by atoms with van der Waals surface area (Å²) in [5.41, 5.74) is 2.68. The van der Waals surface area contributed by atoms with Crippen molar-refractivity contribution < 1.29 is 21.5 Å². The molecule has 2 aromatic rings. The van der Waals surface area contributed by atoms with Crippen LogP contribution in [0.25, 0.3) is 0 Å². The highest BCUT2D eigenvalue weighted by Gasteiger charge is 2.23. The first kappa shape index (κ1) is 19.1. The van der Waals surface area contributed by atoms with Gasteiger partial charge in [-0.25, -0.2) is 0 Å². The zero-order chi connectivity index (χ0) is 16.3. The van der Waals surface area contributed by atoms with Crippen molar-refractivity contribution in [2.24, 2.45) is 0 Å². The minimum absolute atomic E-state index is 0. The second-order valence-electron chi connectivity index (χ2n) is 6.67. The van der Waals surface area contributed by atoms with E-state index in [4.69, 9.17) is 0 Å². The van der Waals surface area contributed by atoms with Crippen molar-refractivity contribution in [3.8, 4) is 0 Å². The monoisotopic (exact) mass is 404 g/mol. The van der Waals surface area contributed by atoms with Crippen LogP contribution >= 0.6 is 11.8 Å². The normalized spacial score (nSPS) is 12.8. The van der Waals surface area contributed by atoms with Crippen LogP contribution in [0.5, 0.6) is 0 Å². The van der Waals surface area contributed by atoms with Crippen LogP contribution < -0.4 is 21.9 Å². The Kier molecular flexibility index (Phi) is 6.55. The SMILES string of the molecule is C=CC[N+](C)(C)CCCN1c2ccccc2Sc2ccccc21.[Br-]. The molecule has 3 rings (SSSR count). The lowest BCUT2D eigenvalue weighted by Gasteiger charge is -2.34. The molecule has 0 spiro atoms. The molecule has 0 unspecified atom stereocenters. The summed E-state index contributed by atoms with van der Waals surface area (Å²) in [6.07, 6.45) is 3.18. The third-order valence-corrected chi connectivity index (χ3v) is 5.43. The number of hydrogen-bond donors (Lipinski definition) is 0. The summed E-state index contributed by atoms with van der Waals surface area (Å²) >= 11 is 1.87. The Morgan fingerprint density at radius 2 is 1.54 bits per heavy atom. The molecule has 2 aromatic carbocycles. The Morgan fingerprint density at radius 3 is 2.08 bits per heavy atom. The second-order valence-corrected chi connectivity index (χ2v) is 7.76. The number of benzene rings is 2. The largest absolute Gasteiger partial charge is 1.00 e. The van der Waals surface area contributed by atoms with Gasteiger partial charge >= 0.3 is 0 Å². The number of para-hydroxylation sites is 2. The van der Waals surface area contributed by atoms with E-state index < -0.39 is 0 Å². The molecular formula is C20H25BrN2S. The van der Waals surface area contributed by atoms with E-state index in [0.29, 0.717) is 0 Å². The molecule has 0 amide bonds. The van der Waals surface area contributed by atoms with Gasteiger partial charge in [0.25, 0.3) is 0 Å². The molecule has 0 fully saturated rings. The lowest BCUT2D eigenvalue weighted by molar-refractivity contribution is -0.884. The summed E-state index contributed by atoms with van der Waals surface area (Å²) in [7, 11) is 4.55. The number of anilines is 2. The zero-order valence-electron chi connectivity index (χ0n) is 14.4. The number of likely N-dealkylation sites (N-methyl/N-ethyl adjacent to an activating group) is 1. The molecule has 0 bridgehead atoms. The Labute approximate surface area is 160 Å². The van der Waals surface area contributed by atoms with E-state index in [-0.39, 0.29) is 17.0 Å². The van der Waals surface area contributed by atoms with Crippen molar-refractivity contribution >= 4 is 23.1 Å². The Morgan fingerprint density at radius 1 is 1.00 bits per heavy atom. The fraction of sp³-hybridized carbons (Fsp3) is 0.300. The third kappa shape index (κ3) is 4.24. The fourth-order valence-electron chi connectivity index (χ4n) is 3.12. The van der Waals surface area contributed by atoms with Crippen molar-refractivity contribution in [2.45, 2.75) is 16.2 Å². The topological polar surface area (TPSA) is 3.24 Å². The van der Waals surface area contributed by atoms with E-state index in [1.807, 2.05) is 17.8 Å². The molecule has 0 aromatic heterocycles. The van der Waals surface area contributed by atoms with Gasteiger partial charge in [-0.15, -0.1) is 0 Å². The average molecular weight is 405 g/mol. The van der Waals surface area contributed by atoms with Crippen molar-refractivity contribution in [1.82, 2.24) is 0 Å². The number of nitrogens with zero attached hydrogens (tertiary/aromatic N) is 2. The number of rotatable bonds is 6. The van der Waals surface area contributed by atoms with Gasteiger partial charge in [-0.3, -0.25) is 0 Å². The van der Waals surface area contributed by atoms with Gasteiger partial charge in [-0.1, -0.05) is 42.6 Å². The lowest BCUT2D eigenvalue weighted by atomic mass is 10.2. The molecular weight excluding hydrogens is 380 g/mol. The van der Waals surface area contributed by atoms with Crippen LogP contribution in [0.15, 0.2) is 71.0 Å². The molecule has 1 aliphatic rings. The van der Waals surface area contributed by atoms with Gasteiger partial charge in [0.2, 0.25) is 0 Å². The van der Waals surface area contributed by atoms with Gasteiger partial charge in [-0.2, -0.15) is 0 Å². The molecule has 2 nitrogen and oxygen atoms in total. The number of quaternary nitrogens is 1. The van der Waals surface area contributed by atoms with Crippen LogP contribution in [0.1, 0.15) is 6.42 Å². The van der Waals surface area contributed by atoms with Gasteiger partial charge in [0.1, 0.15) is 0 Å². The second kappa shape index (κ2) is 8.24. The molecule has 0 radical (unpaired) electrons. The highest BCUT2D eigenvalue weighted by molar-refractivity contribution is 7.99. The Hall–Kier alpha value is -1.23. The third-order valence-electron chi connectivity index (χ3n) is 4.30. The average Bonchev–Trinajstić information content (AvgIpc) is 2.54. The van der Waals surface area contributed by atoms with Crippen LogP contribution in [0.2, 0.25) is 0 Å². The lowest BCUT2D eigenvalue weighted by Crippen LogP contribution is -3.00. The number of halogens is 1. The molecule has 128 valence electrons. The van der Waals surface area contributed by atoms with Crippen molar-refractivity contribution in [1.29, 1.82) is 0 Å². The highest BCUT2D eigenvalue weighted by Crippen LogP contribution is 2.47. The summed E-state index contributed by atoms with van der Waals surface area (Å²) in [5.74, 6) is 0. The summed E-state index contributed by atoms with van der Waals surface area (Å²) in [6.45, 7) is 7.09. The maximum absolute atomic E-state index is 3.87. The van der Waals surface area contributed by atoms with E-state index in [1.165, 1.54) is 21.2 Å². The molecule has 0 saturated heterocycles. The minimum atomic E-state index is 0. The van der Waals surface area contributed by atoms with E-state index >= 15 is 0 Å². The van der Waals surface area contributed by atoms with Gasteiger partial charge in [0, 0.05) is 22.8 Å². The number of fused-ring (bicyclic) bond motifs is 2. The quantitative estimate of drug-likeness (QED) is 0.534. The smallest absolute Gasteiger partial charge is 0.0966 e. The molecule has 4 heteroatoms. The van der Waals surface area contributed by atoms with Crippen LogP contribution in [0.4, 0.5) is 11.4 Å². The predicted octanol–water partition coefficient (Wildman–Crippen LogP) is 1.95. The van der Waals surface area contributed by atoms with E-state index in [9.17, 15) is 0 Å². The summed E-state index contributed by atoms with van der Waals surface area (Å²) in [5, 5.41) is 0. The summed E-state index contributed by atoms with van der Waals surface area (Å²) < 4.78 is 0.995. The summed E-state index contributed by atoms with van der Waals surface area (Å²) in [6, 6.07) is 17.4. The first-order valence-corrected chi connectivity index (χ1v) is 8.99. The molecule has 1 aliphatic heterocycles. The molecule has 0 aliphatic carbocycles. The van der Waals surface area contributed by atoms with Crippen LogP contribution in [0.3, 0.4) is 0 Å². The summed E-state index contributed by atoms with van der Waals surface area (Å²) in [4.78, 5) is 5.19. The standard InChI is InChI=1S/C20H25N2S.BrH/c1-4-15-22(2,3)16-9-14-21-17-10-5-7-12-19(17)23-20-13-8-6-11-18(20)21;/h4-8,10-13H,1,9,14-16H2,2-3H3;1H/q+1;/p-1. The highest BCUT2D eigenvalue weighted by atomic mass is 79.9. The maximum atomic E-state index is 3.87. The molecule has 0 atom stereocenters. The zero-order valence-corrected chi connectivity index (χ0v) is 16.8. The van der Waals surface area contributed by atoms with Gasteiger partial charge in [0.15, 0.2) is 0 Å². The fourth-order valence-corrected chi connectivity index (χ4v) is 4.22. The number of hydrogen-bond acceptors (Lipinski definition) is 2. The molecule has 24 heavy (non-hydrogen) atoms. The molecule has 0 N–H and O–H groups in total. The van der Waals surface area contributed by atoms with Crippen LogP contribution in [-0.2, 0) is 0 Å². The minimum Gasteiger partial charge on any atom is -1.00 e. The van der Waals surface area contributed by atoms with E-state index in [0.717, 1.165) is 30.5 Å². The van der Waals surface area contributed by atoms with Gasteiger partial charge in [0.05, 0.1) is 38.6 Å². The van der Waals surface area contributed by atoms with Crippen molar-refractivity contribution in [3.63, 3.8) is 0 Å². The molecule has 1 heterocycles. The van der Waals surface area contributed by atoms with Gasteiger partial charge in [-0.05, 0) is 30.3 Å². The van der Waals surface area contributed by atoms with E-state index in [1.54, 1.807) is 0 Å². The van der Waals surface area contributed by atoms with Crippen molar-refractivity contribution in [3.05, 3.63) is 61.2 Å².